The summed E-state index contributed by atoms with van der Waals surface area (Å²) < 4.78 is 0. The van der Waals surface area contributed by atoms with Crippen molar-refractivity contribution >= 4 is 5.91 Å². The maximum absolute atomic E-state index is 13.1. The van der Waals surface area contributed by atoms with Gasteiger partial charge in [0.25, 0.3) is 5.91 Å². The van der Waals surface area contributed by atoms with Crippen LogP contribution in [0.4, 0.5) is 0 Å². The van der Waals surface area contributed by atoms with Crippen molar-refractivity contribution in [2.45, 2.75) is 58.9 Å². The Balaban J connectivity index is 1.72. The highest BCUT2D eigenvalue weighted by atomic mass is 16.2. The van der Waals surface area contributed by atoms with Crippen LogP contribution in [0, 0.1) is 11.8 Å². The number of carbonyl (C=O) groups excluding carboxylic acids is 1. The Morgan fingerprint density at radius 3 is 2.83 bits per heavy atom. The normalized spacial score (nSPS) is 22.8. The Bertz CT molecular complexity index is 549. The van der Waals surface area contributed by atoms with Crippen LogP contribution in [0.1, 0.15) is 62.5 Å². The van der Waals surface area contributed by atoms with Gasteiger partial charge in [-0.2, -0.15) is 5.10 Å². The van der Waals surface area contributed by atoms with Crippen LogP contribution < -0.4 is 0 Å². The number of hydrogen-bond acceptors (Lipinski definition) is 3. The number of aryl methyl sites for hydroxylation is 1. The SMILES string of the molecule is CCCc1[nH]ncc1C(=O)N1CCCN(CC2CC2)[C@@H](C(C)C)C1. The quantitative estimate of drug-likeness (QED) is 0.871. The van der Waals surface area contributed by atoms with Crippen molar-refractivity contribution in [3.8, 4) is 0 Å². The summed E-state index contributed by atoms with van der Waals surface area (Å²) >= 11 is 0. The molecule has 0 radical (unpaired) electrons. The van der Waals surface area contributed by atoms with Gasteiger partial charge in [0.05, 0.1) is 11.8 Å². The fourth-order valence-corrected chi connectivity index (χ4v) is 3.85. The Morgan fingerprint density at radius 2 is 2.17 bits per heavy atom. The Labute approximate surface area is 145 Å². The van der Waals surface area contributed by atoms with Crippen molar-refractivity contribution in [3.63, 3.8) is 0 Å². The summed E-state index contributed by atoms with van der Waals surface area (Å²) in [6.07, 6.45) is 7.47. The van der Waals surface area contributed by atoms with E-state index in [1.807, 2.05) is 0 Å². The molecule has 2 heterocycles. The van der Waals surface area contributed by atoms with E-state index >= 15 is 0 Å². The molecule has 1 N–H and O–H groups in total. The number of hydrogen-bond donors (Lipinski definition) is 1. The summed E-state index contributed by atoms with van der Waals surface area (Å²) in [5.74, 6) is 1.63. The molecule has 1 atom stereocenters. The number of carbonyl (C=O) groups is 1. The van der Waals surface area contributed by atoms with Crippen molar-refractivity contribution in [1.29, 1.82) is 0 Å². The number of amides is 1. The second kappa shape index (κ2) is 7.68. The number of H-pyrrole nitrogens is 1. The molecule has 0 bridgehead atoms. The van der Waals surface area contributed by atoms with Gasteiger partial charge in [-0.25, -0.2) is 0 Å². The van der Waals surface area contributed by atoms with Gasteiger partial charge < -0.3 is 4.90 Å². The van der Waals surface area contributed by atoms with E-state index < -0.39 is 0 Å². The third kappa shape index (κ3) is 4.00. The first-order valence-electron chi connectivity index (χ1n) is 9.65. The monoisotopic (exact) mass is 332 g/mol. The van der Waals surface area contributed by atoms with E-state index in [4.69, 9.17) is 0 Å². The van der Waals surface area contributed by atoms with E-state index in [-0.39, 0.29) is 5.91 Å². The summed E-state index contributed by atoms with van der Waals surface area (Å²) in [6.45, 7) is 10.8. The second-order valence-electron chi connectivity index (χ2n) is 7.87. The van der Waals surface area contributed by atoms with Crippen LogP contribution in [0.2, 0.25) is 0 Å². The van der Waals surface area contributed by atoms with Gasteiger partial charge in [0.1, 0.15) is 0 Å². The van der Waals surface area contributed by atoms with E-state index in [0.717, 1.165) is 56.1 Å². The van der Waals surface area contributed by atoms with Crippen LogP contribution in [0.5, 0.6) is 0 Å². The summed E-state index contributed by atoms with van der Waals surface area (Å²) in [5, 5.41) is 7.13. The van der Waals surface area contributed by atoms with Crippen molar-refractivity contribution in [2.75, 3.05) is 26.2 Å². The maximum Gasteiger partial charge on any atom is 0.257 e. The molecule has 2 aliphatic rings. The standard InChI is InChI=1S/C19H32N4O/c1-4-6-17-16(11-20-21-17)19(24)23-10-5-9-22(12-15-7-8-15)18(13-23)14(2)3/h11,14-15,18H,4-10,12-13H2,1-3H3,(H,20,21)/t18-/m1/s1. The second-order valence-corrected chi connectivity index (χ2v) is 7.87. The molecule has 134 valence electrons. The summed E-state index contributed by atoms with van der Waals surface area (Å²) in [7, 11) is 0. The lowest BCUT2D eigenvalue weighted by Crippen LogP contribution is -2.46. The molecule has 1 aromatic heterocycles. The van der Waals surface area contributed by atoms with E-state index in [9.17, 15) is 4.79 Å². The van der Waals surface area contributed by atoms with Crippen LogP contribution in [0.3, 0.4) is 0 Å². The van der Waals surface area contributed by atoms with Gasteiger partial charge in [-0.15, -0.1) is 0 Å². The summed E-state index contributed by atoms with van der Waals surface area (Å²) in [6, 6.07) is 0.471. The average molecular weight is 332 g/mol. The molecule has 5 nitrogen and oxygen atoms in total. The van der Waals surface area contributed by atoms with Gasteiger partial charge in [-0.05, 0) is 37.5 Å². The van der Waals surface area contributed by atoms with Crippen molar-refractivity contribution in [1.82, 2.24) is 20.0 Å². The highest BCUT2D eigenvalue weighted by molar-refractivity contribution is 5.95. The molecule has 0 aromatic carbocycles. The third-order valence-electron chi connectivity index (χ3n) is 5.44. The van der Waals surface area contributed by atoms with Gasteiger partial charge >= 0.3 is 0 Å². The predicted molar refractivity (Wildman–Crippen MR) is 96.0 cm³/mol. The Hall–Kier alpha value is -1.36. The maximum atomic E-state index is 13.1. The first-order valence-corrected chi connectivity index (χ1v) is 9.65. The number of aromatic amines is 1. The zero-order chi connectivity index (χ0) is 17.1. The molecular formula is C19H32N4O. The minimum absolute atomic E-state index is 0.158. The molecule has 1 saturated heterocycles. The first-order chi connectivity index (χ1) is 11.6. The van der Waals surface area contributed by atoms with E-state index in [1.54, 1.807) is 6.20 Å². The summed E-state index contributed by atoms with van der Waals surface area (Å²) in [4.78, 5) is 17.8. The van der Waals surface area contributed by atoms with Crippen molar-refractivity contribution < 1.29 is 4.79 Å². The minimum Gasteiger partial charge on any atom is -0.337 e. The van der Waals surface area contributed by atoms with Gasteiger partial charge in [0, 0.05) is 37.9 Å². The van der Waals surface area contributed by atoms with Crippen LogP contribution in [-0.2, 0) is 6.42 Å². The molecular weight excluding hydrogens is 300 g/mol. The molecule has 1 aromatic rings. The predicted octanol–water partition coefficient (Wildman–Crippen LogP) is 2.94. The van der Waals surface area contributed by atoms with Crippen molar-refractivity contribution in [2.24, 2.45) is 11.8 Å². The molecule has 0 unspecified atom stereocenters. The lowest BCUT2D eigenvalue weighted by atomic mass is 10.0. The first kappa shape index (κ1) is 17.5. The lowest BCUT2D eigenvalue weighted by Gasteiger charge is -2.34. The lowest BCUT2D eigenvalue weighted by molar-refractivity contribution is 0.0703. The fourth-order valence-electron chi connectivity index (χ4n) is 3.85. The van der Waals surface area contributed by atoms with Gasteiger partial charge in [0.2, 0.25) is 0 Å². The zero-order valence-electron chi connectivity index (χ0n) is 15.4. The molecule has 0 spiro atoms. The minimum atomic E-state index is 0.158. The largest absolute Gasteiger partial charge is 0.337 e. The molecule has 1 aliphatic carbocycles. The van der Waals surface area contributed by atoms with Crippen LogP contribution in [0.25, 0.3) is 0 Å². The molecule has 1 saturated carbocycles. The molecule has 1 aliphatic heterocycles. The van der Waals surface area contributed by atoms with E-state index in [0.29, 0.717) is 12.0 Å². The topological polar surface area (TPSA) is 52.2 Å². The fraction of sp³-hybridized carbons (Fsp3) is 0.789. The smallest absolute Gasteiger partial charge is 0.257 e. The van der Waals surface area contributed by atoms with Crippen molar-refractivity contribution in [3.05, 3.63) is 17.5 Å². The molecule has 1 amide bonds. The number of nitrogens with zero attached hydrogens (tertiary/aromatic N) is 3. The van der Waals surface area contributed by atoms with Crippen LogP contribution in [-0.4, -0.2) is 58.1 Å². The molecule has 24 heavy (non-hydrogen) atoms. The van der Waals surface area contributed by atoms with Gasteiger partial charge in [-0.3, -0.25) is 14.8 Å². The van der Waals surface area contributed by atoms with Crippen LogP contribution in [0.15, 0.2) is 6.20 Å². The number of nitrogens with one attached hydrogen (secondary N) is 1. The Morgan fingerprint density at radius 1 is 1.38 bits per heavy atom. The molecule has 2 fully saturated rings. The molecule has 5 heteroatoms. The van der Waals surface area contributed by atoms with E-state index in [2.05, 4.69) is 40.8 Å². The average Bonchev–Trinajstić information content (AvgIpc) is 3.29. The zero-order valence-corrected chi connectivity index (χ0v) is 15.4. The summed E-state index contributed by atoms with van der Waals surface area (Å²) in [5.41, 5.74) is 1.76. The number of aromatic nitrogens is 2. The highest BCUT2D eigenvalue weighted by Gasteiger charge is 2.34. The van der Waals surface area contributed by atoms with Crippen LogP contribution >= 0.6 is 0 Å². The third-order valence-corrected chi connectivity index (χ3v) is 5.44. The van der Waals surface area contributed by atoms with E-state index in [1.165, 1.54) is 19.4 Å². The Kier molecular flexibility index (Phi) is 5.59. The van der Waals surface area contributed by atoms with Gasteiger partial charge in [-0.1, -0.05) is 27.2 Å². The number of rotatable bonds is 6. The van der Waals surface area contributed by atoms with Gasteiger partial charge in [0.15, 0.2) is 0 Å². The highest BCUT2D eigenvalue weighted by Crippen LogP contribution is 2.32. The molecule has 3 rings (SSSR count).